The fourth-order valence-corrected chi connectivity index (χ4v) is 3.90. The van der Waals surface area contributed by atoms with Crippen molar-refractivity contribution in [2.24, 2.45) is 5.92 Å². The number of hydrogen-bond donors (Lipinski definition) is 1. The lowest BCUT2D eigenvalue weighted by Gasteiger charge is -2.18. The van der Waals surface area contributed by atoms with Gasteiger partial charge < -0.3 is 24.4 Å². The maximum atomic E-state index is 13.1. The van der Waals surface area contributed by atoms with Gasteiger partial charge in [0.1, 0.15) is 11.5 Å². The van der Waals surface area contributed by atoms with E-state index in [9.17, 15) is 9.59 Å². The standard InChI is InChI=1S/C24H30N2O5/c1-29-14-4-13-25-23(27)22-16-26(24(28)18-7-11-20(31-3)12-8-18)15-21(22)17-5-9-19(30-2)10-6-17/h5-12,21-22H,4,13-16H2,1-3H3,(H,25,27)/t21-,22-/m0/s1. The van der Waals surface area contributed by atoms with Crippen molar-refractivity contribution < 1.29 is 23.8 Å². The summed E-state index contributed by atoms with van der Waals surface area (Å²) in [4.78, 5) is 27.8. The molecule has 1 fully saturated rings. The van der Waals surface area contributed by atoms with Gasteiger partial charge in [-0.2, -0.15) is 0 Å². The van der Waals surface area contributed by atoms with Crippen LogP contribution in [0.4, 0.5) is 0 Å². The summed E-state index contributed by atoms with van der Waals surface area (Å²) in [7, 11) is 4.85. The molecule has 2 aromatic rings. The van der Waals surface area contributed by atoms with Crippen LogP contribution in [-0.2, 0) is 9.53 Å². The molecule has 1 heterocycles. The van der Waals surface area contributed by atoms with Crippen LogP contribution >= 0.6 is 0 Å². The molecule has 7 nitrogen and oxygen atoms in total. The highest BCUT2D eigenvalue weighted by Gasteiger charge is 2.40. The van der Waals surface area contributed by atoms with Crippen LogP contribution in [0.3, 0.4) is 0 Å². The van der Waals surface area contributed by atoms with Crippen LogP contribution in [0, 0.1) is 5.92 Å². The van der Waals surface area contributed by atoms with Crippen LogP contribution in [-0.4, -0.2) is 64.3 Å². The predicted octanol–water partition coefficient (Wildman–Crippen LogP) is 2.71. The number of benzene rings is 2. The van der Waals surface area contributed by atoms with E-state index in [4.69, 9.17) is 14.2 Å². The van der Waals surface area contributed by atoms with E-state index < -0.39 is 0 Å². The predicted molar refractivity (Wildman–Crippen MR) is 118 cm³/mol. The number of hydrogen-bond acceptors (Lipinski definition) is 5. The third-order valence-corrected chi connectivity index (χ3v) is 5.65. The van der Waals surface area contributed by atoms with Gasteiger partial charge in [0.05, 0.1) is 20.1 Å². The van der Waals surface area contributed by atoms with Gasteiger partial charge >= 0.3 is 0 Å². The summed E-state index contributed by atoms with van der Waals surface area (Å²) < 4.78 is 15.5. The van der Waals surface area contributed by atoms with Crippen molar-refractivity contribution in [1.29, 1.82) is 0 Å². The Morgan fingerprint density at radius 2 is 1.55 bits per heavy atom. The smallest absolute Gasteiger partial charge is 0.253 e. The third kappa shape index (κ3) is 5.55. The van der Waals surface area contributed by atoms with Gasteiger partial charge in [-0.1, -0.05) is 12.1 Å². The molecular formula is C24H30N2O5. The summed E-state index contributed by atoms with van der Waals surface area (Å²) >= 11 is 0. The molecular weight excluding hydrogens is 396 g/mol. The van der Waals surface area contributed by atoms with E-state index in [2.05, 4.69) is 5.32 Å². The molecule has 0 spiro atoms. The second-order valence-electron chi connectivity index (χ2n) is 7.56. The van der Waals surface area contributed by atoms with Gasteiger partial charge in [-0.25, -0.2) is 0 Å². The molecule has 2 atom stereocenters. The number of nitrogens with zero attached hydrogens (tertiary/aromatic N) is 1. The summed E-state index contributed by atoms with van der Waals surface area (Å²) in [5, 5.41) is 3.00. The zero-order valence-electron chi connectivity index (χ0n) is 18.3. The van der Waals surface area contributed by atoms with Crippen LogP contribution < -0.4 is 14.8 Å². The normalized spacial score (nSPS) is 18.0. The first kappa shape index (κ1) is 22.6. The number of carbonyl (C=O) groups is 2. The maximum Gasteiger partial charge on any atom is 0.253 e. The van der Waals surface area contributed by atoms with Crippen LogP contribution in [0.15, 0.2) is 48.5 Å². The minimum Gasteiger partial charge on any atom is -0.497 e. The molecule has 0 radical (unpaired) electrons. The summed E-state index contributed by atoms with van der Waals surface area (Å²) in [5.74, 6) is 0.919. The first-order chi connectivity index (χ1) is 15.1. The molecule has 0 bridgehead atoms. The van der Waals surface area contributed by atoms with Gasteiger partial charge in [-0.15, -0.1) is 0 Å². The van der Waals surface area contributed by atoms with Gasteiger partial charge in [0.2, 0.25) is 5.91 Å². The number of rotatable bonds is 9. The average molecular weight is 427 g/mol. The Labute approximate surface area is 183 Å². The van der Waals surface area contributed by atoms with Crippen molar-refractivity contribution in [2.45, 2.75) is 12.3 Å². The van der Waals surface area contributed by atoms with Crippen molar-refractivity contribution in [1.82, 2.24) is 10.2 Å². The number of nitrogens with one attached hydrogen (secondary N) is 1. The van der Waals surface area contributed by atoms with Gasteiger partial charge in [0.15, 0.2) is 0 Å². The van der Waals surface area contributed by atoms with Crippen LogP contribution in [0.2, 0.25) is 0 Å². The molecule has 1 aliphatic rings. The first-order valence-corrected chi connectivity index (χ1v) is 10.4. The lowest BCUT2D eigenvalue weighted by molar-refractivity contribution is -0.124. The van der Waals surface area contributed by atoms with Crippen LogP contribution in [0.1, 0.15) is 28.3 Å². The van der Waals surface area contributed by atoms with E-state index >= 15 is 0 Å². The number of likely N-dealkylation sites (tertiary alicyclic amines) is 1. The summed E-state index contributed by atoms with van der Waals surface area (Å²) in [5.41, 5.74) is 1.60. The largest absolute Gasteiger partial charge is 0.497 e. The van der Waals surface area contributed by atoms with E-state index in [1.807, 2.05) is 24.3 Å². The highest BCUT2D eigenvalue weighted by atomic mass is 16.5. The molecule has 166 valence electrons. The first-order valence-electron chi connectivity index (χ1n) is 10.4. The van der Waals surface area contributed by atoms with Crippen LogP contribution in [0.5, 0.6) is 11.5 Å². The molecule has 0 aromatic heterocycles. The Hall–Kier alpha value is -3.06. The number of carbonyl (C=O) groups excluding carboxylic acids is 2. The van der Waals surface area contributed by atoms with Crippen LogP contribution in [0.25, 0.3) is 0 Å². The van der Waals surface area contributed by atoms with Gasteiger partial charge in [0, 0.05) is 44.8 Å². The number of methoxy groups -OCH3 is 3. The summed E-state index contributed by atoms with van der Waals surface area (Å²) in [6.45, 7) is 1.99. The molecule has 7 heteroatoms. The average Bonchev–Trinajstić information content (AvgIpc) is 3.27. The lowest BCUT2D eigenvalue weighted by Crippen LogP contribution is -2.36. The highest BCUT2D eigenvalue weighted by molar-refractivity contribution is 5.95. The zero-order chi connectivity index (χ0) is 22.2. The Morgan fingerprint density at radius 3 is 2.13 bits per heavy atom. The second-order valence-corrected chi connectivity index (χ2v) is 7.56. The van der Waals surface area contributed by atoms with Crippen molar-refractivity contribution in [3.63, 3.8) is 0 Å². The molecule has 0 unspecified atom stereocenters. The molecule has 1 N–H and O–H groups in total. The minimum atomic E-state index is -0.321. The van der Waals surface area contributed by atoms with E-state index in [1.54, 1.807) is 50.5 Å². The number of ether oxygens (including phenoxy) is 3. The maximum absolute atomic E-state index is 13.1. The van der Waals surface area contributed by atoms with Crippen molar-refractivity contribution in [3.05, 3.63) is 59.7 Å². The highest BCUT2D eigenvalue weighted by Crippen LogP contribution is 2.34. The topological polar surface area (TPSA) is 77.1 Å². The van der Waals surface area contributed by atoms with Gasteiger partial charge in [-0.05, 0) is 48.4 Å². The molecule has 1 aliphatic heterocycles. The monoisotopic (exact) mass is 426 g/mol. The fourth-order valence-electron chi connectivity index (χ4n) is 3.90. The SMILES string of the molecule is COCCCNC(=O)[C@H]1CN(C(=O)c2ccc(OC)cc2)C[C@H]1c1ccc(OC)cc1. The molecule has 0 saturated carbocycles. The van der Waals surface area contributed by atoms with Gasteiger partial charge in [0.25, 0.3) is 5.91 Å². The van der Waals surface area contributed by atoms with Crippen molar-refractivity contribution in [2.75, 3.05) is 47.6 Å². The van der Waals surface area contributed by atoms with E-state index in [-0.39, 0.29) is 23.7 Å². The number of amides is 2. The quantitative estimate of drug-likeness (QED) is 0.624. The Balaban J connectivity index is 1.77. The lowest BCUT2D eigenvalue weighted by atomic mass is 9.88. The fraction of sp³-hybridized carbons (Fsp3) is 0.417. The molecule has 2 amide bonds. The molecule has 1 saturated heterocycles. The summed E-state index contributed by atoms with van der Waals surface area (Å²) in [6, 6.07) is 14.7. The summed E-state index contributed by atoms with van der Waals surface area (Å²) in [6.07, 6.45) is 0.747. The molecule has 31 heavy (non-hydrogen) atoms. The van der Waals surface area contributed by atoms with Gasteiger partial charge in [-0.3, -0.25) is 9.59 Å². The minimum absolute atomic E-state index is 0.0399. The third-order valence-electron chi connectivity index (χ3n) is 5.65. The second kappa shape index (κ2) is 10.8. The van der Waals surface area contributed by atoms with Crippen molar-refractivity contribution >= 4 is 11.8 Å². The Kier molecular flexibility index (Phi) is 7.89. The Bertz CT molecular complexity index is 867. The molecule has 2 aromatic carbocycles. The van der Waals surface area contributed by atoms with Crippen molar-refractivity contribution in [3.8, 4) is 11.5 Å². The Morgan fingerprint density at radius 1 is 0.935 bits per heavy atom. The van der Waals surface area contributed by atoms with E-state index in [0.29, 0.717) is 37.6 Å². The van der Waals surface area contributed by atoms with E-state index in [1.165, 1.54) is 0 Å². The molecule has 3 rings (SSSR count). The molecule has 0 aliphatic carbocycles. The zero-order valence-corrected chi connectivity index (χ0v) is 18.3. The van der Waals surface area contributed by atoms with E-state index in [0.717, 1.165) is 17.7 Å².